The molecule has 1 fully saturated rings. The van der Waals surface area contributed by atoms with Crippen LogP contribution in [0, 0.1) is 5.92 Å². The summed E-state index contributed by atoms with van der Waals surface area (Å²) in [5.74, 6) is -2.21. The topological polar surface area (TPSA) is 12.0 Å². The van der Waals surface area contributed by atoms with Crippen molar-refractivity contribution in [2.75, 3.05) is 6.54 Å². The van der Waals surface area contributed by atoms with Gasteiger partial charge in [0.1, 0.15) is 0 Å². The number of hydrogen-bond acceptors (Lipinski definition) is 1. The summed E-state index contributed by atoms with van der Waals surface area (Å²) in [4.78, 5) is 0. The Labute approximate surface area is 111 Å². The Morgan fingerprint density at radius 2 is 1.94 bits per heavy atom. The predicted molar refractivity (Wildman–Crippen MR) is 73.1 cm³/mol. The summed E-state index contributed by atoms with van der Waals surface area (Å²) < 4.78 is 26.6. The standard InChI is InChI=1S/C15H29F2N/c1-3-5-6-7-8-14(18-11-4-2)13-9-10-15(16,17)12-13/h13-14,18H,3-12H2,1-2H3. The van der Waals surface area contributed by atoms with Crippen molar-refractivity contribution >= 4 is 0 Å². The van der Waals surface area contributed by atoms with Crippen molar-refractivity contribution in [1.29, 1.82) is 0 Å². The average Bonchev–Trinajstić information content (AvgIpc) is 2.69. The average molecular weight is 261 g/mol. The highest BCUT2D eigenvalue weighted by Crippen LogP contribution is 2.41. The van der Waals surface area contributed by atoms with E-state index in [9.17, 15) is 8.78 Å². The van der Waals surface area contributed by atoms with Gasteiger partial charge in [-0.15, -0.1) is 0 Å². The molecular formula is C15H29F2N. The van der Waals surface area contributed by atoms with E-state index in [1.807, 2.05) is 0 Å². The third-order valence-electron chi connectivity index (χ3n) is 4.04. The molecule has 0 heterocycles. The highest BCUT2D eigenvalue weighted by molar-refractivity contribution is 4.88. The molecule has 1 nitrogen and oxygen atoms in total. The van der Waals surface area contributed by atoms with Gasteiger partial charge in [0.15, 0.2) is 0 Å². The lowest BCUT2D eigenvalue weighted by molar-refractivity contribution is 0.00311. The fourth-order valence-corrected chi connectivity index (χ4v) is 2.95. The van der Waals surface area contributed by atoms with E-state index >= 15 is 0 Å². The molecule has 1 aliphatic carbocycles. The first-order valence-electron chi connectivity index (χ1n) is 7.70. The second kappa shape index (κ2) is 8.08. The summed E-state index contributed by atoms with van der Waals surface area (Å²) in [7, 11) is 0. The summed E-state index contributed by atoms with van der Waals surface area (Å²) in [6, 6.07) is 0.315. The van der Waals surface area contributed by atoms with Gasteiger partial charge in [0.25, 0.3) is 0 Å². The number of unbranched alkanes of at least 4 members (excludes halogenated alkanes) is 3. The van der Waals surface area contributed by atoms with Crippen LogP contribution in [0.5, 0.6) is 0 Å². The molecule has 3 heteroatoms. The molecule has 18 heavy (non-hydrogen) atoms. The van der Waals surface area contributed by atoms with Crippen LogP contribution in [0.3, 0.4) is 0 Å². The largest absolute Gasteiger partial charge is 0.314 e. The van der Waals surface area contributed by atoms with Gasteiger partial charge in [-0.3, -0.25) is 0 Å². The number of nitrogens with one attached hydrogen (secondary N) is 1. The van der Waals surface area contributed by atoms with Crippen molar-refractivity contribution in [3.63, 3.8) is 0 Å². The summed E-state index contributed by atoms with van der Waals surface area (Å²) in [5.41, 5.74) is 0. The van der Waals surface area contributed by atoms with Gasteiger partial charge in [-0.25, -0.2) is 8.78 Å². The zero-order chi connectivity index (χ0) is 13.4. The van der Waals surface area contributed by atoms with Crippen LogP contribution in [0.4, 0.5) is 8.78 Å². The molecule has 1 saturated carbocycles. The minimum absolute atomic E-state index is 0.0942. The van der Waals surface area contributed by atoms with E-state index in [1.54, 1.807) is 0 Å². The molecule has 108 valence electrons. The van der Waals surface area contributed by atoms with E-state index < -0.39 is 5.92 Å². The number of hydrogen-bond donors (Lipinski definition) is 1. The predicted octanol–water partition coefficient (Wildman–Crippen LogP) is 4.76. The van der Waals surface area contributed by atoms with E-state index in [0.29, 0.717) is 12.5 Å². The number of halogens is 2. The maximum atomic E-state index is 13.3. The Morgan fingerprint density at radius 1 is 1.17 bits per heavy atom. The smallest absolute Gasteiger partial charge is 0.248 e. The lowest BCUT2D eigenvalue weighted by Crippen LogP contribution is -2.36. The number of rotatable bonds is 9. The molecule has 2 atom stereocenters. The van der Waals surface area contributed by atoms with Crippen LogP contribution in [-0.4, -0.2) is 18.5 Å². The Kier molecular flexibility index (Phi) is 7.13. The zero-order valence-corrected chi connectivity index (χ0v) is 12.0. The monoisotopic (exact) mass is 261 g/mol. The van der Waals surface area contributed by atoms with Crippen LogP contribution in [0.1, 0.15) is 71.6 Å². The molecule has 0 aromatic carbocycles. The first-order valence-corrected chi connectivity index (χ1v) is 7.70. The number of alkyl halides is 2. The van der Waals surface area contributed by atoms with Crippen molar-refractivity contribution in [3.8, 4) is 0 Å². The van der Waals surface area contributed by atoms with Crippen molar-refractivity contribution in [1.82, 2.24) is 5.32 Å². The molecule has 2 unspecified atom stereocenters. The highest BCUT2D eigenvalue weighted by atomic mass is 19.3. The summed E-state index contributed by atoms with van der Waals surface area (Å²) in [6.07, 6.45) is 7.95. The van der Waals surface area contributed by atoms with Gasteiger partial charge in [0, 0.05) is 18.9 Å². The minimum atomic E-state index is -2.40. The van der Waals surface area contributed by atoms with Crippen LogP contribution in [0.25, 0.3) is 0 Å². The lowest BCUT2D eigenvalue weighted by Gasteiger charge is -2.25. The molecule has 1 aliphatic rings. The Bertz CT molecular complexity index is 219. The van der Waals surface area contributed by atoms with Crippen LogP contribution in [0.15, 0.2) is 0 Å². The SMILES string of the molecule is CCCCCCC(NCCC)C1CCC(F)(F)C1. The highest BCUT2D eigenvalue weighted by Gasteiger charge is 2.41. The zero-order valence-electron chi connectivity index (χ0n) is 12.0. The van der Waals surface area contributed by atoms with Gasteiger partial charge in [-0.1, -0.05) is 39.5 Å². The Hall–Kier alpha value is -0.180. The molecule has 0 radical (unpaired) electrons. The molecule has 0 aromatic rings. The van der Waals surface area contributed by atoms with Crippen molar-refractivity contribution in [3.05, 3.63) is 0 Å². The molecule has 0 aromatic heterocycles. The third-order valence-corrected chi connectivity index (χ3v) is 4.04. The van der Waals surface area contributed by atoms with Gasteiger partial charge in [0.2, 0.25) is 5.92 Å². The maximum absolute atomic E-state index is 13.3. The normalized spacial score (nSPS) is 24.3. The maximum Gasteiger partial charge on any atom is 0.248 e. The Morgan fingerprint density at radius 3 is 2.50 bits per heavy atom. The van der Waals surface area contributed by atoms with E-state index in [4.69, 9.17) is 0 Å². The molecule has 0 aliphatic heterocycles. The van der Waals surface area contributed by atoms with Gasteiger partial charge in [-0.05, 0) is 31.7 Å². The van der Waals surface area contributed by atoms with Crippen LogP contribution >= 0.6 is 0 Å². The summed E-state index contributed by atoms with van der Waals surface area (Å²) in [5, 5.41) is 3.49. The minimum Gasteiger partial charge on any atom is -0.314 e. The van der Waals surface area contributed by atoms with Crippen LogP contribution in [-0.2, 0) is 0 Å². The van der Waals surface area contributed by atoms with Crippen molar-refractivity contribution in [2.24, 2.45) is 5.92 Å². The molecule has 0 amide bonds. The second-order valence-corrected chi connectivity index (χ2v) is 5.77. The molecule has 1 rings (SSSR count). The van der Waals surface area contributed by atoms with E-state index in [1.165, 1.54) is 25.7 Å². The first-order chi connectivity index (χ1) is 8.59. The molecular weight excluding hydrogens is 232 g/mol. The van der Waals surface area contributed by atoms with Crippen molar-refractivity contribution in [2.45, 2.75) is 83.6 Å². The molecule has 1 N–H and O–H groups in total. The molecule has 0 spiro atoms. The molecule has 0 saturated heterocycles. The van der Waals surface area contributed by atoms with Gasteiger partial charge < -0.3 is 5.32 Å². The fourth-order valence-electron chi connectivity index (χ4n) is 2.95. The van der Waals surface area contributed by atoms with E-state index in [0.717, 1.165) is 19.4 Å². The van der Waals surface area contributed by atoms with Crippen LogP contribution < -0.4 is 5.32 Å². The van der Waals surface area contributed by atoms with Crippen molar-refractivity contribution < 1.29 is 8.78 Å². The quantitative estimate of drug-likeness (QED) is 0.590. The fraction of sp³-hybridized carbons (Fsp3) is 1.00. The van der Waals surface area contributed by atoms with Gasteiger partial charge in [0.05, 0.1) is 0 Å². The summed E-state index contributed by atoms with van der Waals surface area (Å²) in [6.45, 7) is 5.29. The third kappa shape index (κ3) is 5.64. The van der Waals surface area contributed by atoms with Gasteiger partial charge >= 0.3 is 0 Å². The lowest BCUT2D eigenvalue weighted by atomic mass is 9.92. The first kappa shape index (κ1) is 15.9. The van der Waals surface area contributed by atoms with Crippen LogP contribution in [0.2, 0.25) is 0 Å². The molecule has 0 bridgehead atoms. The second-order valence-electron chi connectivity index (χ2n) is 5.77. The van der Waals surface area contributed by atoms with Gasteiger partial charge in [-0.2, -0.15) is 0 Å². The Balaban J connectivity index is 2.35. The summed E-state index contributed by atoms with van der Waals surface area (Å²) >= 11 is 0. The van der Waals surface area contributed by atoms with E-state index in [-0.39, 0.29) is 18.8 Å². The van der Waals surface area contributed by atoms with E-state index in [2.05, 4.69) is 19.2 Å².